The number of rotatable bonds is 11. The number of aliphatic hydroxyl groups excluding tert-OH is 1. The van der Waals surface area contributed by atoms with Crippen LogP contribution in [0.3, 0.4) is 0 Å². The van der Waals surface area contributed by atoms with E-state index in [9.17, 15) is 19.5 Å². The quantitative estimate of drug-likeness (QED) is 0.352. The summed E-state index contributed by atoms with van der Waals surface area (Å²) in [5.41, 5.74) is 3.85. The van der Waals surface area contributed by atoms with Crippen LogP contribution in [0.15, 0.2) is 23.7 Å². The molecule has 1 aromatic carbocycles. The van der Waals surface area contributed by atoms with Gasteiger partial charge in [-0.1, -0.05) is 32.9 Å². The minimum atomic E-state index is -0.876. The predicted molar refractivity (Wildman–Crippen MR) is 152 cm³/mol. The summed E-state index contributed by atoms with van der Waals surface area (Å²) in [5, 5.41) is 24.8. The van der Waals surface area contributed by atoms with Crippen molar-refractivity contribution in [1.29, 1.82) is 5.26 Å². The molecule has 3 rings (SSSR count). The highest BCUT2D eigenvalue weighted by atomic mass is 32.1. The van der Waals surface area contributed by atoms with E-state index in [0.29, 0.717) is 25.0 Å². The molecule has 3 amide bonds. The number of ether oxygens (including phenoxy) is 1. The van der Waals surface area contributed by atoms with Gasteiger partial charge in [0.2, 0.25) is 17.7 Å². The van der Waals surface area contributed by atoms with E-state index in [-0.39, 0.29) is 37.7 Å². The van der Waals surface area contributed by atoms with Crippen LogP contribution in [0.1, 0.15) is 64.1 Å². The number of benzene rings is 1. The lowest BCUT2D eigenvalue weighted by molar-refractivity contribution is -0.144. The van der Waals surface area contributed by atoms with Crippen LogP contribution in [-0.4, -0.2) is 64.6 Å². The predicted octanol–water partition coefficient (Wildman–Crippen LogP) is 3.32. The summed E-state index contributed by atoms with van der Waals surface area (Å²) in [6.45, 7) is 7.67. The van der Waals surface area contributed by atoms with E-state index in [0.717, 1.165) is 21.7 Å². The van der Waals surface area contributed by atoms with Crippen molar-refractivity contribution >= 4 is 29.1 Å². The SMILES string of the molecule is COc1cc(-c2scnc2C)ccc1CNC(=O)C1CC(O)CN1C(=O)C(NC(=O)CCCCC#N)C(C)(C)C. The first-order chi connectivity index (χ1) is 19.0. The highest BCUT2D eigenvalue weighted by Crippen LogP contribution is 2.32. The highest BCUT2D eigenvalue weighted by Gasteiger charge is 2.44. The third kappa shape index (κ3) is 7.79. The Bertz CT molecular complexity index is 1250. The van der Waals surface area contributed by atoms with Crippen molar-refractivity contribution < 1.29 is 24.2 Å². The minimum Gasteiger partial charge on any atom is -0.496 e. The first-order valence-corrected chi connectivity index (χ1v) is 14.3. The molecule has 1 aromatic heterocycles. The number of β-amino-alcohol motifs (C(OH)–C–C–N with tert-alkyl or cyclic N) is 1. The Morgan fingerprint density at radius 3 is 2.67 bits per heavy atom. The van der Waals surface area contributed by atoms with Crippen molar-refractivity contribution in [2.24, 2.45) is 5.41 Å². The van der Waals surface area contributed by atoms with Crippen molar-refractivity contribution in [3.05, 3.63) is 35.0 Å². The second kappa shape index (κ2) is 13.7. The van der Waals surface area contributed by atoms with Gasteiger partial charge in [0, 0.05) is 37.9 Å². The van der Waals surface area contributed by atoms with Gasteiger partial charge in [-0.05, 0) is 36.8 Å². The number of aryl methyl sites for hydroxylation is 1. The van der Waals surface area contributed by atoms with E-state index in [1.54, 1.807) is 24.0 Å². The molecule has 1 saturated heterocycles. The number of aliphatic hydroxyl groups is 1. The summed E-state index contributed by atoms with van der Waals surface area (Å²) in [6, 6.07) is 6.07. The molecule has 216 valence electrons. The van der Waals surface area contributed by atoms with E-state index in [1.165, 1.54) is 4.90 Å². The number of nitriles is 1. The van der Waals surface area contributed by atoms with Gasteiger partial charge in [0.25, 0.3) is 0 Å². The molecule has 0 aliphatic carbocycles. The second-order valence-corrected chi connectivity index (χ2v) is 12.0. The summed E-state index contributed by atoms with van der Waals surface area (Å²) in [7, 11) is 1.57. The molecular formula is C29H39N5O5S. The van der Waals surface area contributed by atoms with Gasteiger partial charge in [-0.25, -0.2) is 4.98 Å². The van der Waals surface area contributed by atoms with Crippen LogP contribution in [-0.2, 0) is 20.9 Å². The number of methoxy groups -OCH3 is 1. The number of hydrogen-bond acceptors (Lipinski definition) is 8. The maximum absolute atomic E-state index is 13.7. The summed E-state index contributed by atoms with van der Waals surface area (Å²) < 4.78 is 5.58. The van der Waals surface area contributed by atoms with Gasteiger partial charge in [-0.3, -0.25) is 14.4 Å². The molecule has 1 aliphatic rings. The number of hydrogen-bond donors (Lipinski definition) is 3. The Kier molecular flexibility index (Phi) is 10.7. The number of carbonyl (C=O) groups is 3. The molecule has 3 N–H and O–H groups in total. The van der Waals surface area contributed by atoms with E-state index < -0.39 is 29.5 Å². The summed E-state index contributed by atoms with van der Waals surface area (Å²) >= 11 is 1.54. The maximum atomic E-state index is 13.7. The van der Waals surface area contributed by atoms with Gasteiger partial charge in [-0.2, -0.15) is 5.26 Å². The molecule has 2 heterocycles. The molecule has 0 radical (unpaired) electrons. The van der Waals surface area contributed by atoms with E-state index in [1.807, 2.05) is 45.9 Å². The first kappa shape index (κ1) is 31.0. The van der Waals surface area contributed by atoms with Crippen LogP contribution in [0.2, 0.25) is 0 Å². The molecule has 0 bridgehead atoms. The third-order valence-corrected chi connectivity index (χ3v) is 7.95. The fourth-order valence-corrected chi connectivity index (χ4v) is 5.56. The zero-order valence-electron chi connectivity index (χ0n) is 23.8. The number of likely N-dealkylation sites (tertiary alicyclic amines) is 1. The Labute approximate surface area is 239 Å². The van der Waals surface area contributed by atoms with Crippen LogP contribution >= 0.6 is 11.3 Å². The van der Waals surface area contributed by atoms with Crippen molar-refractivity contribution in [3.8, 4) is 22.3 Å². The monoisotopic (exact) mass is 569 g/mol. The topological polar surface area (TPSA) is 145 Å². The van der Waals surface area contributed by atoms with Gasteiger partial charge in [0.15, 0.2) is 0 Å². The lowest BCUT2D eigenvalue weighted by atomic mass is 9.85. The van der Waals surface area contributed by atoms with E-state index in [2.05, 4.69) is 21.7 Å². The highest BCUT2D eigenvalue weighted by molar-refractivity contribution is 7.13. The lowest BCUT2D eigenvalue weighted by Crippen LogP contribution is -2.57. The van der Waals surface area contributed by atoms with Gasteiger partial charge in [0.05, 0.1) is 35.4 Å². The first-order valence-electron chi connectivity index (χ1n) is 13.5. The largest absolute Gasteiger partial charge is 0.496 e. The normalized spacial score (nSPS) is 17.7. The summed E-state index contributed by atoms with van der Waals surface area (Å²) in [4.78, 5) is 46.3. The molecule has 10 nitrogen and oxygen atoms in total. The fourth-order valence-electron chi connectivity index (χ4n) is 4.75. The molecule has 11 heteroatoms. The Morgan fingerprint density at radius 2 is 2.05 bits per heavy atom. The number of thiazole rings is 1. The smallest absolute Gasteiger partial charge is 0.246 e. The number of nitrogens with one attached hydrogen (secondary N) is 2. The van der Waals surface area contributed by atoms with E-state index in [4.69, 9.17) is 10.00 Å². The molecule has 2 aromatic rings. The molecular weight excluding hydrogens is 530 g/mol. The molecule has 0 saturated carbocycles. The second-order valence-electron chi connectivity index (χ2n) is 11.1. The number of unbranched alkanes of at least 4 members (excludes halogenated alkanes) is 2. The van der Waals surface area contributed by atoms with Gasteiger partial charge in [-0.15, -0.1) is 11.3 Å². The Balaban J connectivity index is 1.70. The number of carbonyl (C=O) groups excluding carboxylic acids is 3. The minimum absolute atomic E-state index is 0.00770. The zero-order chi connectivity index (χ0) is 29.4. The number of nitrogens with zero attached hydrogens (tertiary/aromatic N) is 3. The molecule has 1 fully saturated rings. The standard InChI is InChI=1S/C29H39N5O5S/c1-18-25(40-17-32-18)19-10-11-20(23(13-19)39-5)15-31-27(37)22-14-21(35)16-34(22)28(38)26(29(2,3)4)33-24(36)9-7-6-8-12-30/h10-11,13,17,21-22,26,35H,6-9,14-16H2,1-5H3,(H,31,37)(H,33,36). The summed E-state index contributed by atoms with van der Waals surface area (Å²) in [6.07, 6.45) is 0.995. The molecule has 3 atom stereocenters. The number of amides is 3. The number of aromatic nitrogens is 1. The van der Waals surface area contributed by atoms with Crippen molar-refractivity contribution in [1.82, 2.24) is 20.5 Å². The maximum Gasteiger partial charge on any atom is 0.246 e. The van der Waals surface area contributed by atoms with Crippen LogP contribution < -0.4 is 15.4 Å². The van der Waals surface area contributed by atoms with Crippen LogP contribution in [0.4, 0.5) is 0 Å². The van der Waals surface area contributed by atoms with Crippen LogP contribution in [0.5, 0.6) is 5.75 Å². The summed E-state index contributed by atoms with van der Waals surface area (Å²) in [5.74, 6) is -0.451. The van der Waals surface area contributed by atoms with Gasteiger partial charge in [0.1, 0.15) is 17.8 Å². The molecule has 0 spiro atoms. The Hall–Kier alpha value is -3.49. The molecule has 1 aliphatic heterocycles. The fraction of sp³-hybridized carbons (Fsp3) is 0.552. The van der Waals surface area contributed by atoms with E-state index >= 15 is 0 Å². The molecule has 40 heavy (non-hydrogen) atoms. The third-order valence-electron chi connectivity index (χ3n) is 6.97. The van der Waals surface area contributed by atoms with Gasteiger partial charge >= 0.3 is 0 Å². The zero-order valence-corrected chi connectivity index (χ0v) is 24.6. The van der Waals surface area contributed by atoms with Crippen molar-refractivity contribution in [3.63, 3.8) is 0 Å². The van der Waals surface area contributed by atoms with Crippen LogP contribution in [0.25, 0.3) is 10.4 Å². The van der Waals surface area contributed by atoms with Crippen LogP contribution in [0, 0.1) is 23.7 Å². The van der Waals surface area contributed by atoms with Crippen molar-refractivity contribution in [2.45, 2.75) is 84.5 Å². The average Bonchev–Trinajstić information content (AvgIpc) is 3.52. The Morgan fingerprint density at radius 1 is 1.30 bits per heavy atom. The van der Waals surface area contributed by atoms with Gasteiger partial charge < -0.3 is 25.4 Å². The molecule has 3 unspecified atom stereocenters. The van der Waals surface area contributed by atoms with Crippen molar-refractivity contribution in [2.75, 3.05) is 13.7 Å². The average molecular weight is 570 g/mol. The lowest BCUT2D eigenvalue weighted by Gasteiger charge is -2.35.